The van der Waals surface area contributed by atoms with E-state index < -0.39 is 6.04 Å². The molecule has 29 heavy (non-hydrogen) atoms. The quantitative estimate of drug-likeness (QED) is 0.812. The largest absolute Gasteiger partial charge is 0.340 e. The van der Waals surface area contributed by atoms with Gasteiger partial charge in [0.1, 0.15) is 6.04 Å². The molecule has 7 heteroatoms. The van der Waals surface area contributed by atoms with E-state index in [-0.39, 0.29) is 11.8 Å². The third kappa shape index (κ3) is 5.31. The van der Waals surface area contributed by atoms with Gasteiger partial charge in [0, 0.05) is 44.1 Å². The molecule has 1 aliphatic heterocycles. The number of rotatable bonds is 6. The van der Waals surface area contributed by atoms with Gasteiger partial charge in [-0.15, -0.1) is 0 Å². The fourth-order valence-corrected chi connectivity index (χ4v) is 3.56. The first kappa shape index (κ1) is 20.8. The highest BCUT2D eigenvalue weighted by molar-refractivity contribution is 5.98. The molecule has 1 aromatic heterocycles. The van der Waals surface area contributed by atoms with Crippen LogP contribution < -0.4 is 10.2 Å². The van der Waals surface area contributed by atoms with Crippen molar-refractivity contribution < 1.29 is 9.59 Å². The lowest BCUT2D eigenvalue weighted by atomic mass is 10.0. The van der Waals surface area contributed by atoms with Gasteiger partial charge in [0.25, 0.3) is 5.91 Å². The van der Waals surface area contributed by atoms with Crippen LogP contribution in [-0.2, 0) is 4.79 Å². The summed E-state index contributed by atoms with van der Waals surface area (Å²) in [5, 5.41) is 2.98. The molecule has 1 saturated heterocycles. The molecule has 0 saturated carbocycles. The zero-order valence-corrected chi connectivity index (χ0v) is 17.3. The van der Waals surface area contributed by atoms with Gasteiger partial charge in [-0.25, -0.2) is 9.97 Å². The second-order valence-electron chi connectivity index (χ2n) is 7.83. The minimum Gasteiger partial charge on any atom is -0.340 e. The van der Waals surface area contributed by atoms with Crippen molar-refractivity contribution in [2.45, 2.75) is 33.2 Å². The number of aromatic nitrogens is 2. The molecule has 2 aromatic rings. The summed E-state index contributed by atoms with van der Waals surface area (Å²) in [5.74, 6) is 0.763. The number of anilines is 1. The summed E-state index contributed by atoms with van der Waals surface area (Å²) < 4.78 is 0. The van der Waals surface area contributed by atoms with Gasteiger partial charge in [0.05, 0.1) is 0 Å². The van der Waals surface area contributed by atoms with Crippen molar-refractivity contribution in [3.05, 3.63) is 53.9 Å². The summed E-state index contributed by atoms with van der Waals surface area (Å²) in [6.45, 7) is 8.55. The molecule has 2 heterocycles. The number of nitrogens with zero attached hydrogens (tertiary/aromatic N) is 4. The van der Waals surface area contributed by atoms with Crippen molar-refractivity contribution in [3.63, 3.8) is 0 Å². The Labute approximate surface area is 172 Å². The first-order valence-electron chi connectivity index (χ1n) is 10.1. The van der Waals surface area contributed by atoms with Crippen molar-refractivity contribution in [1.82, 2.24) is 20.2 Å². The van der Waals surface area contributed by atoms with Crippen LogP contribution in [0.1, 0.15) is 36.2 Å². The number of hydrogen-bond acceptors (Lipinski definition) is 5. The van der Waals surface area contributed by atoms with Gasteiger partial charge >= 0.3 is 0 Å². The highest BCUT2D eigenvalue weighted by atomic mass is 16.2. The highest BCUT2D eigenvalue weighted by Gasteiger charge is 2.30. The van der Waals surface area contributed by atoms with Crippen LogP contribution in [0.25, 0.3) is 0 Å². The van der Waals surface area contributed by atoms with Gasteiger partial charge in [0.15, 0.2) is 0 Å². The minimum absolute atomic E-state index is 0.0192. The maximum Gasteiger partial charge on any atom is 0.252 e. The number of amides is 2. The maximum absolute atomic E-state index is 13.2. The lowest BCUT2D eigenvalue weighted by molar-refractivity contribution is -0.134. The molecule has 1 N–H and O–H groups in total. The number of hydrogen-bond donors (Lipinski definition) is 1. The molecule has 1 fully saturated rings. The molecule has 3 rings (SSSR count). The number of carbonyl (C=O) groups is 2. The van der Waals surface area contributed by atoms with E-state index in [0.717, 1.165) is 5.56 Å². The second kappa shape index (κ2) is 9.49. The lowest BCUT2D eigenvalue weighted by Gasteiger charge is -2.36. The number of nitrogens with one attached hydrogen (secondary N) is 1. The Bertz CT molecular complexity index is 832. The van der Waals surface area contributed by atoms with Crippen LogP contribution in [0.3, 0.4) is 0 Å². The third-order valence-electron chi connectivity index (χ3n) is 5.13. The fourth-order valence-electron chi connectivity index (χ4n) is 3.56. The molecule has 0 radical (unpaired) electrons. The van der Waals surface area contributed by atoms with Crippen LogP contribution in [0.5, 0.6) is 0 Å². The highest BCUT2D eigenvalue weighted by Crippen LogP contribution is 2.15. The smallest absolute Gasteiger partial charge is 0.252 e. The van der Waals surface area contributed by atoms with E-state index >= 15 is 0 Å². The molecule has 0 bridgehead atoms. The van der Waals surface area contributed by atoms with Crippen LogP contribution in [0.4, 0.5) is 5.95 Å². The summed E-state index contributed by atoms with van der Waals surface area (Å²) in [7, 11) is 0. The Morgan fingerprint density at radius 1 is 1.03 bits per heavy atom. The van der Waals surface area contributed by atoms with Crippen molar-refractivity contribution in [3.8, 4) is 0 Å². The number of benzene rings is 1. The Hall–Kier alpha value is -2.96. The van der Waals surface area contributed by atoms with Crippen LogP contribution in [0.2, 0.25) is 0 Å². The number of aryl methyl sites for hydroxylation is 1. The van der Waals surface area contributed by atoms with Crippen LogP contribution >= 0.6 is 0 Å². The van der Waals surface area contributed by atoms with E-state index in [0.29, 0.717) is 50.0 Å². The zero-order valence-electron chi connectivity index (χ0n) is 17.3. The molecule has 7 nitrogen and oxygen atoms in total. The van der Waals surface area contributed by atoms with Gasteiger partial charge in [-0.05, 0) is 37.0 Å². The summed E-state index contributed by atoms with van der Waals surface area (Å²) in [6.07, 6.45) is 4.05. The average molecular weight is 396 g/mol. The Morgan fingerprint density at radius 3 is 2.31 bits per heavy atom. The van der Waals surface area contributed by atoms with E-state index in [1.54, 1.807) is 24.5 Å². The van der Waals surface area contributed by atoms with Crippen LogP contribution in [-0.4, -0.2) is 58.9 Å². The van der Waals surface area contributed by atoms with Crippen molar-refractivity contribution >= 4 is 17.8 Å². The summed E-state index contributed by atoms with van der Waals surface area (Å²) in [4.78, 5) is 38.4. The Balaban J connectivity index is 1.65. The SMILES string of the molecule is Cc1ccccc1C(=O)N[C@H](CC(C)C)C(=O)N1CCN(c2ncccn2)CC1. The van der Waals surface area contributed by atoms with Crippen molar-refractivity contribution in [1.29, 1.82) is 0 Å². The summed E-state index contributed by atoms with van der Waals surface area (Å²) in [5.41, 5.74) is 1.51. The predicted octanol–water partition coefficient (Wildman–Crippen LogP) is 2.28. The minimum atomic E-state index is -0.526. The van der Waals surface area contributed by atoms with Gasteiger partial charge in [-0.2, -0.15) is 0 Å². The molecule has 154 valence electrons. The third-order valence-corrected chi connectivity index (χ3v) is 5.13. The molecular weight excluding hydrogens is 366 g/mol. The monoisotopic (exact) mass is 395 g/mol. The lowest BCUT2D eigenvalue weighted by Crippen LogP contribution is -2.55. The average Bonchev–Trinajstić information content (AvgIpc) is 2.73. The molecule has 1 aromatic carbocycles. The molecule has 1 atom stereocenters. The maximum atomic E-state index is 13.2. The van der Waals surface area contributed by atoms with E-state index in [9.17, 15) is 9.59 Å². The normalized spacial score (nSPS) is 15.3. The first-order valence-corrected chi connectivity index (χ1v) is 10.1. The predicted molar refractivity (Wildman–Crippen MR) is 113 cm³/mol. The molecule has 2 amide bonds. The molecule has 0 spiro atoms. The zero-order chi connectivity index (χ0) is 20.8. The molecule has 0 aliphatic carbocycles. The van der Waals surface area contributed by atoms with E-state index in [1.165, 1.54) is 0 Å². The Kier molecular flexibility index (Phi) is 6.80. The topological polar surface area (TPSA) is 78.4 Å². The molecular formula is C22H29N5O2. The van der Waals surface area contributed by atoms with Gasteiger partial charge < -0.3 is 15.1 Å². The number of carbonyl (C=O) groups excluding carboxylic acids is 2. The van der Waals surface area contributed by atoms with E-state index in [1.807, 2.05) is 30.0 Å². The fraction of sp³-hybridized carbons (Fsp3) is 0.455. The standard InChI is InChI=1S/C22H29N5O2/c1-16(2)15-19(25-20(28)18-8-5-4-7-17(18)3)21(29)26-11-13-27(14-12-26)22-23-9-6-10-24-22/h4-10,16,19H,11-15H2,1-3H3,(H,25,28)/t19-/m1/s1. The molecule has 0 unspecified atom stereocenters. The van der Waals surface area contributed by atoms with Gasteiger partial charge in [-0.1, -0.05) is 32.0 Å². The molecule has 1 aliphatic rings. The van der Waals surface area contributed by atoms with Gasteiger partial charge in [-0.3, -0.25) is 9.59 Å². The second-order valence-corrected chi connectivity index (χ2v) is 7.83. The van der Waals surface area contributed by atoms with E-state index in [4.69, 9.17) is 0 Å². The first-order chi connectivity index (χ1) is 14.0. The van der Waals surface area contributed by atoms with Crippen molar-refractivity contribution in [2.24, 2.45) is 5.92 Å². The summed E-state index contributed by atoms with van der Waals surface area (Å²) in [6, 6.07) is 8.70. The van der Waals surface area contributed by atoms with Crippen LogP contribution in [0.15, 0.2) is 42.7 Å². The van der Waals surface area contributed by atoms with Crippen molar-refractivity contribution in [2.75, 3.05) is 31.1 Å². The Morgan fingerprint density at radius 2 is 1.69 bits per heavy atom. The number of piperazine rings is 1. The summed E-state index contributed by atoms with van der Waals surface area (Å²) >= 11 is 0. The van der Waals surface area contributed by atoms with E-state index in [2.05, 4.69) is 34.0 Å². The van der Waals surface area contributed by atoms with Crippen LogP contribution in [0, 0.1) is 12.8 Å². The van der Waals surface area contributed by atoms with Gasteiger partial charge in [0.2, 0.25) is 11.9 Å².